The number of benzene rings is 1. The van der Waals surface area contributed by atoms with Crippen molar-refractivity contribution in [3.05, 3.63) is 80.8 Å². The molecule has 8 rings (SSSR count). The predicted molar refractivity (Wildman–Crippen MR) is 209 cm³/mol. The van der Waals surface area contributed by atoms with Crippen molar-refractivity contribution < 1.29 is 49.3 Å². The van der Waals surface area contributed by atoms with Crippen molar-refractivity contribution in [2.75, 3.05) is 37.7 Å². The van der Waals surface area contributed by atoms with Gasteiger partial charge in [0.1, 0.15) is 53.7 Å². The Bertz CT molecular complexity index is 2190. The summed E-state index contributed by atoms with van der Waals surface area (Å²) >= 11 is 0. The van der Waals surface area contributed by atoms with Crippen molar-refractivity contribution in [3.8, 4) is 5.75 Å². The first-order valence-corrected chi connectivity index (χ1v) is 19.5. The minimum Gasteiger partial charge on any atom is -0.482 e. The lowest BCUT2D eigenvalue weighted by Gasteiger charge is -2.44. The molecule has 16 nitrogen and oxygen atoms in total. The molecule has 2 aromatic rings. The van der Waals surface area contributed by atoms with Gasteiger partial charge in [-0.1, -0.05) is 6.92 Å². The van der Waals surface area contributed by atoms with Gasteiger partial charge in [-0.3, -0.25) is 19.6 Å². The number of aliphatic hydroxyl groups excluding tert-OH is 4. The molecule has 6 aliphatic heterocycles. The van der Waals surface area contributed by atoms with Crippen LogP contribution in [-0.4, -0.2) is 123 Å². The van der Waals surface area contributed by atoms with Crippen molar-refractivity contribution in [3.63, 3.8) is 0 Å². The highest BCUT2D eigenvalue weighted by atomic mass is 17.2. The molecule has 1 aromatic heterocycles. The largest absolute Gasteiger partial charge is 0.482 e. The zero-order chi connectivity index (χ0) is 40.2. The van der Waals surface area contributed by atoms with Gasteiger partial charge in [-0.2, -0.15) is 0 Å². The molecule has 6 aliphatic rings. The van der Waals surface area contributed by atoms with E-state index in [0.29, 0.717) is 77.5 Å². The third-order valence-corrected chi connectivity index (χ3v) is 12.1. The zero-order valence-corrected chi connectivity index (χ0v) is 32.1. The maximum atomic E-state index is 13.6. The van der Waals surface area contributed by atoms with Crippen LogP contribution in [-0.2, 0) is 21.0 Å². The van der Waals surface area contributed by atoms with Crippen LogP contribution in [0.25, 0.3) is 11.0 Å². The van der Waals surface area contributed by atoms with Gasteiger partial charge in [0.2, 0.25) is 5.91 Å². The summed E-state index contributed by atoms with van der Waals surface area (Å²) < 4.78 is 13.4. The molecule has 0 saturated carbocycles. The third kappa shape index (κ3) is 7.02. The maximum Gasteiger partial charge on any atom is 0.220 e. The summed E-state index contributed by atoms with van der Waals surface area (Å²) in [5.41, 5.74) is 1.16. The number of allylic oxidation sites excluding steroid dienone is 2. The first kappa shape index (κ1) is 39.2. The van der Waals surface area contributed by atoms with E-state index in [1.807, 2.05) is 25.3 Å². The Morgan fingerprint density at radius 1 is 1.12 bits per heavy atom. The van der Waals surface area contributed by atoms with Crippen molar-refractivity contribution in [1.82, 2.24) is 10.2 Å². The molecule has 6 N–H and O–H groups in total. The molecule has 1 saturated heterocycles. The lowest BCUT2D eigenvalue weighted by atomic mass is 9.83. The van der Waals surface area contributed by atoms with Crippen LogP contribution in [0, 0.1) is 12.8 Å². The number of nitrogens with one attached hydrogen (secondary N) is 1. The van der Waals surface area contributed by atoms with Crippen molar-refractivity contribution in [2.24, 2.45) is 15.9 Å². The average Bonchev–Trinajstić information content (AvgIpc) is 4.03. The summed E-state index contributed by atoms with van der Waals surface area (Å²) in [5.74, 6) is 1.01. The summed E-state index contributed by atoms with van der Waals surface area (Å²) in [5, 5.41) is 57.7. The Morgan fingerprint density at radius 2 is 1.91 bits per heavy atom. The van der Waals surface area contributed by atoms with Gasteiger partial charge in [0, 0.05) is 61.8 Å². The van der Waals surface area contributed by atoms with Crippen LogP contribution in [0.1, 0.15) is 50.9 Å². The average molecular weight is 788 g/mol. The van der Waals surface area contributed by atoms with E-state index in [4.69, 9.17) is 18.9 Å². The number of rotatable bonds is 15. The second-order valence-corrected chi connectivity index (χ2v) is 16.0. The minimum atomic E-state index is -2.39. The van der Waals surface area contributed by atoms with Crippen LogP contribution in [0.3, 0.4) is 0 Å². The van der Waals surface area contributed by atoms with Crippen LogP contribution >= 0.6 is 0 Å². The SMILES string of the molecule is CCC1C2=CC=NC2=CN1c1c2c(cc3c(=O)cc(C)oc13)C[C@@H](OOC[C@H](O)[C@](O)(CN1CC=C3N=CC=C31)[C@H](O)[C@H](O)CO)[C@@](C)(CC[C@@H]1CNC(=O)C1)O2. The normalized spacial score (nSPS) is 27.3. The number of hydrogen-bond acceptors (Lipinski definition) is 15. The zero-order valence-electron chi connectivity index (χ0n) is 32.1. The fraction of sp³-hybridized carbons (Fsp3) is 0.512. The molecule has 7 heterocycles. The smallest absolute Gasteiger partial charge is 0.220 e. The quantitative estimate of drug-likeness (QED) is 0.111. The van der Waals surface area contributed by atoms with E-state index in [1.54, 1.807) is 36.4 Å². The van der Waals surface area contributed by atoms with E-state index in [2.05, 4.69) is 27.1 Å². The van der Waals surface area contributed by atoms with Gasteiger partial charge in [0.25, 0.3) is 0 Å². The Kier molecular flexibility index (Phi) is 10.5. The number of aliphatic hydroxyl groups is 5. The molecule has 1 unspecified atom stereocenters. The Morgan fingerprint density at radius 3 is 2.67 bits per heavy atom. The number of aryl methyl sites for hydroxylation is 1. The Hall–Kier alpha value is -4.68. The van der Waals surface area contributed by atoms with Crippen LogP contribution in [0.15, 0.2) is 78.4 Å². The fourth-order valence-corrected chi connectivity index (χ4v) is 8.78. The lowest BCUT2D eigenvalue weighted by molar-refractivity contribution is -0.365. The molecule has 16 heteroatoms. The summed E-state index contributed by atoms with van der Waals surface area (Å²) in [6.45, 7) is 4.72. The number of amides is 1. The van der Waals surface area contributed by atoms with Gasteiger partial charge < -0.3 is 49.8 Å². The summed E-state index contributed by atoms with van der Waals surface area (Å²) in [4.78, 5) is 50.1. The molecular formula is C41H49N5O11. The molecule has 0 bridgehead atoms. The molecule has 1 aromatic carbocycles. The number of carbonyl (C=O) groups is 1. The number of ether oxygens (including phenoxy) is 1. The Labute approximate surface area is 328 Å². The summed E-state index contributed by atoms with van der Waals surface area (Å²) in [7, 11) is 0. The number of β-amino-alcohol motifs (C(OH)–C–C–N with tert-alkyl or cyclic N) is 1. The topological polar surface area (TPSA) is 219 Å². The first-order valence-electron chi connectivity index (χ1n) is 19.5. The summed E-state index contributed by atoms with van der Waals surface area (Å²) in [6.07, 6.45) is 6.84. The van der Waals surface area contributed by atoms with E-state index >= 15 is 0 Å². The molecular weight excluding hydrogens is 738 g/mol. The van der Waals surface area contributed by atoms with Crippen LogP contribution in [0.5, 0.6) is 5.75 Å². The molecule has 0 radical (unpaired) electrons. The van der Waals surface area contributed by atoms with Gasteiger partial charge in [-0.25, -0.2) is 9.78 Å². The van der Waals surface area contributed by atoms with E-state index in [0.717, 1.165) is 17.7 Å². The maximum absolute atomic E-state index is 13.6. The van der Waals surface area contributed by atoms with E-state index in [9.17, 15) is 35.1 Å². The Balaban J connectivity index is 1.11. The van der Waals surface area contributed by atoms with Crippen molar-refractivity contribution in [2.45, 2.75) is 94.5 Å². The highest BCUT2D eigenvalue weighted by molar-refractivity contribution is 5.96. The van der Waals surface area contributed by atoms with Crippen LogP contribution in [0.2, 0.25) is 0 Å². The molecule has 57 heavy (non-hydrogen) atoms. The van der Waals surface area contributed by atoms with Crippen LogP contribution < -0.4 is 20.4 Å². The number of nitrogens with zero attached hydrogens (tertiary/aromatic N) is 4. The van der Waals surface area contributed by atoms with Gasteiger partial charge in [0.05, 0.1) is 41.7 Å². The van der Waals surface area contributed by atoms with Crippen molar-refractivity contribution in [1.29, 1.82) is 0 Å². The van der Waals surface area contributed by atoms with Crippen LogP contribution in [0.4, 0.5) is 5.69 Å². The molecule has 0 spiro atoms. The molecule has 1 amide bonds. The number of aliphatic imine (C=N–C) groups is 2. The highest BCUT2D eigenvalue weighted by Crippen LogP contribution is 2.50. The van der Waals surface area contributed by atoms with E-state index < -0.39 is 48.8 Å². The second-order valence-electron chi connectivity index (χ2n) is 16.0. The van der Waals surface area contributed by atoms with E-state index in [1.165, 1.54) is 6.07 Å². The number of hydrogen-bond donors (Lipinski definition) is 6. The number of fused-ring (bicyclic) bond motifs is 4. The number of carbonyl (C=O) groups excluding carboxylic acids is 1. The van der Waals surface area contributed by atoms with Gasteiger partial charge in [-0.05, 0) is 63.3 Å². The first-order chi connectivity index (χ1) is 27.3. The second kappa shape index (κ2) is 15.2. The minimum absolute atomic E-state index is 0.0156. The van der Waals surface area contributed by atoms with Gasteiger partial charge in [-0.15, -0.1) is 0 Å². The summed E-state index contributed by atoms with van der Waals surface area (Å²) in [6, 6.07) is 3.09. The number of anilines is 1. The molecule has 1 fully saturated rings. The van der Waals surface area contributed by atoms with Gasteiger partial charge >= 0.3 is 0 Å². The van der Waals surface area contributed by atoms with Crippen molar-refractivity contribution >= 4 is 35.0 Å². The van der Waals surface area contributed by atoms with E-state index in [-0.39, 0.29) is 36.3 Å². The predicted octanol–water partition coefficient (Wildman–Crippen LogP) is 1.45. The lowest BCUT2D eigenvalue weighted by Crippen LogP contribution is -2.63. The molecule has 8 atom stereocenters. The highest BCUT2D eigenvalue weighted by Gasteiger charge is 2.50. The molecule has 304 valence electrons. The van der Waals surface area contributed by atoms with Gasteiger partial charge in [0.15, 0.2) is 16.8 Å². The standard InChI is InChI=1S/C41H49N5O11/c1-4-29-25-6-10-43-28(25)18-46(29)36-37-24(15-26-31(48)13-22(2)55-38(26)36)16-34(40(3,56-37)9-5-23-14-35(51)44-17-23)57-54-20-33(50)41(53,39(52)32(49)19-47)21-45-12-8-27-30(45)7-11-42-27/h6-8,10-11,13,15,18,23,29,32-34,39,47,49-50,52-53H,4-5,9,12,14,16-17,19-21H2,1-3H3,(H,44,51)/t23-,29?,32+,33-,34+,39+,40+,41+/m0/s1. The molecule has 0 aliphatic carbocycles. The monoisotopic (exact) mass is 787 g/mol. The fourth-order valence-electron chi connectivity index (χ4n) is 8.78. The third-order valence-electron chi connectivity index (χ3n) is 12.1.